The summed E-state index contributed by atoms with van der Waals surface area (Å²) in [5.74, 6) is 1.89. The normalized spacial score (nSPS) is 23.5. The summed E-state index contributed by atoms with van der Waals surface area (Å²) in [7, 11) is 1.42. The smallest absolute Gasteiger partial charge is 0.416 e. The molecule has 2 aliphatic rings. The van der Waals surface area contributed by atoms with Gasteiger partial charge in [-0.25, -0.2) is 4.98 Å². The molecule has 0 radical (unpaired) electrons. The molecule has 1 aliphatic heterocycles. The Morgan fingerprint density at radius 1 is 1.07 bits per heavy atom. The Labute approximate surface area is 173 Å². The molecule has 2 fully saturated rings. The van der Waals surface area contributed by atoms with Crippen molar-refractivity contribution in [2.75, 3.05) is 31.9 Å². The van der Waals surface area contributed by atoms with Crippen molar-refractivity contribution in [3.63, 3.8) is 0 Å². The highest BCUT2D eigenvalue weighted by atomic mass is 19.4. The average Bonchev–Trinajstić information content (AvgIpc) is 2.94. The Bertz CT molecular complexity index is 859. The van der Waals surface area contributed by atoms with Crippen LogP contribution in [-0.2, 0) is 10.9 Å². The maximum Gasteiger partial charge on any atom is 0.416 e. The van der Waals surface area contributed by atoms with Gasteiger partial charge in [0.25, 0.3) is 0 Å². The molecule has 8 heteroatoms. The number of pyridine rings is 1. The molecule has 1 saturated carbocycles. The van der Waals surface area contributed by atoms with E-state index >= 15 is 0 Å². The van der Waals surface area contributed by atoms with E-state index in [0.717, 1.165) is 49.4 Å². The largest absolute Gasteiger partial charge is 0.486 e. The lowest BCUT2D eigenvalue weighted by atomic mass is 9.94. The van der Waals surface area contributed by atoms with Crippen LogP contribution in [0.25, 0.3) is 0 Å². The second-order valence-electron chi connectivity index (χ2n) is 7.99. The van der Waals surface area contributed by atoms with Crippen molar-refractivity contribution in [1.29, 1.82) is 0 Å². The molecule has 1 aromatic carbocycles. The number of nitrogens with zero attached hydrogens (tertiary/aromatic N) is 2. The summed E-state index contributed by atoms with van der Waals surface area (Å²) in [6.07, 6.45) is -0.608. The summed E-state index contributed by atoms with van der Waals surface area (Å²) >= 11 is 0. The summed E-state index contributed by atoms with van der Waals surface area (Å²) in [6, 6.07) is 7.43. The molecule has 0 spiro atoms. The molecule has 1 saturated heterocycles. The summed E-state index contributed by atoms with van der Waals surface area (Å²) in [6.45, 7) is 3.48. The molecule has 162 valence electrons. The SMILES string of the molecule is COCOc1cc(C(F)(F)F)ccc1OC1[C@@H]2CC[C@H]1CN(c1ccc(C)cn1)C2. The zero-order chi connectivity index (χ0) is 21.3. The quantitative estimate of drug-likeness (QED) is 0.632. The lowest BCUT2D eigenvalue weighted by Crippen LogP contribution is -2.47. The van der Waals surface area contributed by atoms with E-state index in [9.17, 15) is 13.2 Å². The van der Waals surface area contributed by atoms with Crippen molar-refractivity contribution in [2.45, 2.75) is 32.0 Å². The number of benzene rings is 1. The first-order valence-corrected chi connectivity index (χ1v) is 10.0. The highest BCUT2D eigenvalue weighted by Gasteiger charge is 2.44. The van der Waals surface area contributed by atoms with Gasteiger partial charge in [-0.3, -0.25) is 0 Å². The molecule has 0 amide bonds. The third-order valence-corrected chi connectivity index (χ3v) is 5.83. The Morgan fingerprint density at radius 2 is 1.80 bits per heavy atom. The van der Waals surface area contributed by atoms with E-state index in [1.54, 1.807) is 0 Å². The first-order chi connectivity index (χ1) is 14.3. The van der Waals surface area contributed by atoms with E-state index in [0.29, 0.717) is 5.75 Å². The van der Waals surface area contributed by atoms with Gasteiger partial charge >= 0.3 is 6.18 Å². The Morgan fingerprint density at radius 3 is 2.40 bits per heavy atom. The van der Waals surface area contributed by atoms with Gasteiger partial charge in [0, 0.05) is 38.2 Å². The van der Waals surface area contributed by atoms with Crippen LogP contribution in [0.5, 0.6) is 11.5 Å². The third kappa shape index (κ3) is 4.33. The number of piperidine rings is 1. The lowest BCUT2D eigenvalue weighted by Gasteiger charge is -2.38. The van der Waals surface area contributed by atoms with Gasteiger partial charge in [-0.05, 0) is 49.6 Å². The van der Waals surface area contributed by atoms with Gasteiger partial charge in [-0.2, -0.15) is 13.2 Å². The van der Waals surface area contributed by atoms with Gasteiger partial charge in [0.05, 0.1) is 5.56 Å². The van der Waals surface area contributed by atoms with Crippen molar-refractivity contribution in [2.24, 2.45) is 11.8 Å². The van der Waals surface area contributed by atoms with Crippen molar-refractivity contribution >= 4 is 5.82 Å². The summed E-state index contributed by atoms with van der Waals surface area (Å²) < 4.78 is 55.8. The average molecular weight is 422 g/mol. The zero-order valence-electron chi connectivity index (χ0n) is 17.0. The number of hydrogen-bond donors (Lipinski definition) is 0. The number of alkyl halides is 3. The number of halogens is 3. The molecule has 30 heavy (non-hydrogen) atoms. The highest BCUT2D eigenvalue weighted by Crippen LogP contribution is 2.43. The second kappa shape index (κ2) is 8.34. The van der Waals surface area contributed by atoms with E-state index in [1.807, 2.05) is 19.2 Å². The molecule has 1 aromatic heterocycles. The minimum atomic E-state index is -4.45. The van der Waals surface area contributed by atoms with Crippen LogP contribution in [0.4, 0.5) is 19.0 Å². The fraction of sp³-hybridized carbons (Fsp3) is 0.500. The van der Waals surface area contributed by atoms with Crippen LogP contribution in [0.3, 0.4) is 0 Å². The lowest BCUT2D eigenvalue weighted by molar-refractivity contribution is -0.137. The van der Waals surface area contributed by atoms with Gasteiger partial charge in [-0.1, -0.05) is 6.07 Å². The predicted octanol–water partition coefficient (Wildman–Crippen LogP) is 4.69. The number of rotatable bonds is 6. The van der Waals surface area contributed by atoms with E-state index in [2.05, 4.69) is 16.0 Å². The van der Waals surface area contributed by atoms with Crippen LogP contribution in [0, 0.1) is 18.8 Å². The van der Waals surface area contributed by atoms with E-state index in [1.165, 1.54) is 13.2 Å². The molecule has 1 unspecified atom stereocenters. The van der Waals surface area contributed by atoms with Crippen LogP contribution in [0.15, 0.2) is 36.5 Å². The number of ether oxygens (including phenoxy) is 3. The van der Waals surface area contributed by atoms with Gasteiger partial charge in [0.15, 0.2) is 18.3 Å². The summed E-state index contributed by atoms with van der Waals surface area (Å²) in [5.41, 5.74) is 0.343. The highest BCUT2D eigenvalue weighted by molar-refractivity contribution is 5.45. The number of methoxy groups -OCH3 is 1. The van der Waals surface area contributed by atoms with Crippen LogP contribution in [-0.4, -0.2) is 38.1 Å². The van der Waals surface area contributed by atoms with Crippen molar-refractivity contribution < 1.29 is 27.4 Å². The minimum absolute atomic E-state index is 0.0497. The second-order valence-corrected chi connectivity index (χ2v) is 7.99. The van der Waals surface area contributed by atoms with Crippen LogP contribution in [0.1, 0.15) is 24.0 Å². The monoisotopic (exact) mass is 422 g/mol. The van der Waals surface area contributed by atoms with Crippen LogP contribution >= 0.6 is 0 Å². The maximum atomic E-state index is 13.1. The minimum Gasteiger partial charge on any atom is -0.486 e. The van der Waals surface area contributed by atoms with Crippen LogP contribution in [0.2, 0.25) is 0 Å². The maximum absolute atomic E-state index is 13.1. The Hall–Kier alpha value is -2.48. The van der Waals surface area contributed by atoms with Gasteiger partial charge in [-0.15, -0.1) is 0 Å². The molecule has 2 heterocycles. The molecule has 0 N–H and O–H groups in total. The molecular formula is C22H25F3N2O3. The Kier molecular flexibility index (Phi) is 5.77. The third-order valence-electron chi connectivity index (χ3n) is 5.83. The van der Waals surface area contributed by atoms with Gasteiger partial charge < -0.3 is 19.1 Å². The Balaban J connectivity index is 1.51. The number of hydrogen-bond acceptors (Lipinski definition) is 5. The first-order valence-electron chi connectivity index (χ1n) is 10.0. The molecule has 3 atom stereocenters. The fourth-order valence-electron chi connectivity index (χ4n) is 4.36. The topological polar surface area (TPSA) is 43.8 Å². The number of aryl methyl sites for hydroxylation is 1. The molecular weight excluding hydrogens is 397 g/mol. The summed E-state index contributed by atoms with van der Waals surface area (Å²) in [4.78, 5) is 6.81. The molecule has 4 rings (SSSR count). The molecule has 1 aliphatic carbocycles. The van der Waals surface area contributed by atoms with E-state index < -0.39 is 11.7 Å². The summed E-state index contributed by atoms with van der Waals surface area (Å²) in [5, 5.41) is 0. The zero-order valence-corrected chi connectivity index (χ0v) is 17.0. The fourth-order valence-corrected chi connectivity index (χ4v) is 4.36. The molecule has 5 nitrogen and oxygen atoms in total. The first kappa shape index (κ1) is 20.8. The van der Waals surface area contributed by atoms with Crippen molar-refractivity contribution in [3.8, 4) is 11.5 Å². The van der Waals surface area contributed by atoms with Crippen LogP contribution < -0.4 is 14.4 Å². The van der Waals surface area contributed by atoms with E-state index in [4.69, 9.17) is 14.2 Å². The van der Waals surface area contributed by atoms with Gasteiger partial charge in [0.1, 0.15) is 11.9 Å². The van der Waals surface area contributed by atoms with E-state index in [-0.39, 0.29) is 30.5 Å². The van der Waals surface area contributed by atoms with Crippen molar-refractivity contribution in [3.05, 3.63) is 47.7 Å². The number of aromatic nitrogens is 1. The standard InChI is InChI=1S/C22H25F3N2O3/c1-14-3-8-20(26-10-14)27-11-15-4-5-16(12-27)21(15)30-18-7-6-17(22(23,24)25)9-19(18)29-13-28-2/h3,6-10,15-16,21H,4-5,11-13H2,1-2H3/t15-,16+,21?. The van der Waals surface area contributed by atoms with Gasteiger partial charge in [0.2, 0.25) is 0 Å². The molecule has 2 bridgehead atoms. The molecule has 2 aromatic rings. The number of anilines is 1. The predicted molar refractivity (Wildman–Crippen MR) is 106 cm³/mol. The number of fused-ring (bicyclic) bond motifs is 2. The van der Waals surface area contributed by atoms with Crippen molar-refractivity contribution in [1.82, 2.24) is 4.98 Å².